The molecule has 0 atom stereocenters. The molecule has 0 radical (unpaired) electrons. The number of hydrogen-bond acceptors (Lipinski definition) is 4. The molecule has 0 bridgehead atoms. The van der Waals surface area contributed by atoms with Crippen LogP contribution in [0.25, 0.3) is 11.5 Å². The van der Waals surface area contributed by atoms with E-state index in [-0.39, 0.29) is 5.82 Å². The Labute approximate surface area is 106 Å². The maximum Gasteiger partial charge on any atom is 0.248 e. The van der Waals surface area contributed by atoms with Crippen molar-refractivity contribution in [1.82, 2.24) is 15.5 Å². The summed E-state index contributed by atoms with van der Waals surface area (Å²) in [6, 6.07) is 4.33. The minimum absolute atomic E-state index is 0.310. The summed E-state index contributed by atoms with van der Waals surface area (Å²) in [5, 5.41) is 10.9. The number of nitrogens with one attached hydrogen (secondary N) is 1. The first-order valence-electron chi connectivity index (χ1n) is 5.13. The maximum absolute atomic E-state index is 12.9. The molecule has 0 amide bonds. The number of aromatic nitrogens is 2. The van der Waals surface area contributed by atoms with E-state index in [4.69, 9.17) is 4.42 Å². The summed E-state index contributed by atoms with van der Waals surface area (Å²) in [5.74, 6) is 0.643. The molecule has 90 valence electrons. The molecule has 17 heavy (non-hydrogen) atoms. The first-order chi connectivity index (χ1) is 8.20. The van der Waals surface area contributed by atoms with Crippen LogP contribution in [0, 0.1) is 5.82 Å². The Morgan fingerprint density at radius 1 is 1.41 bits per heavy atom. The summed E-state index contributed by atoms with van der Waals surface area (Å²) in [4.78, 5) is 0. The van der Waals surface area contributed by atoms with Crippen molar-refractivity contribution >= 4 is 15.9 Å². The Kier molecular flexibility index (Phi) is 3.86. The topological polar surface area (TPSA) is 51.0 Å². The van der Waals surface area contributed by atoms with Crippen LogP contribution in [0.5, 0.6) is 0 Å². The lowest BCUT2D eigenvalue weighted by Gasteiger charge is -1.98. The van der Waals surface area contributed by atoms with E-state index in [1.54, 1.807) is 6.07 Å². The molecule has 0 unspecified atom stereocenters. The number of rotatable bonds is 4. The van der Waals surface area contributed by atoms with Crippen molar-refractivity contribution in [2.24, 2.45) is 0 Å². The second-order valence-electron chi connectivity index (χ2n) is 3.48. The highest BCUT2D eigenvalue weighted by atomic mass is 79.9. The zero-order chi connectivity index (χ0) is 12.3. The Morgan fingerprint density at radius 3 is 2.94 bits per heavy atom. The van der Waals surface area contributed by atoms with Crippen LogP contribution in [0.1, 0.15) is 5.89 Å². The molecule has 4 nitrogen and oxygen atoms in total. The van der Waals surface area contributed by atoms with Crippen LogP contribution < -0.4 is 5.32 Å². The van der Waals surface area contributed by atoms with Gasteiger partial charge < -0.3 is 9.73 Å². The molecular formula is C11H11BrFN3O. The fourth-order valence-corrected chi connectivity index (χ4v) is 1.88. The van der Waals surface area contributed by atoms with Crippen molar-refractivity contribution in [2.45, 2.75) is 6.42 Å². The summed E-state index contributed by atoms with van der Waals surface area (Å²) in [5.41, 5.74) is 0.689. The molecule has 1 heterocycles. The van der Waals surface area contributed by atoms with Crippen molar-refractivity contribution in [3.63, 3.8) is 0 Å². The average molecular weight is 300 g/mol. The number of halogens is 2. The highest BCUT2D eigenvalue weighted by molar-refractivity contribution is 9.10. The van der Waals surface area contributed by atoms with E-state index in [9.17, 15) is 4.39 Å². The van der Waals surface area contributed by atoms with Crippen molar-refractivity contribution in [3.8, 4) is 11.5 Å². The van der Waals surface area contributed by atoms with Gasteiger partial charge in [0.25, 0.3) is 0 Å². The fraction of sp³-hybridized carbons (Fsp3) is 0.273. The molecule has 0 saturated carbocycles. The van der Waals surface area contributed by atoms with Gasteiger partial charge >= 0.3 is 0 Å². The van der Waals surface area contributed by atoms with E-state index >= 15 is 0 Å². The van der Waals surface area contributed by atoms with Gasteiger partial charge in [-0.1, -0.05) is 0 Å². The highest BCUT2D eigenvalue weighted by Gasteiger charge is 2.11. The quantitative estimate of drug-likeness (QED) is 0.942. The number of nitrogens with zero attached hydrogens (tertiary/aromatic N) is 2. The average Bonchev–Trinajstić information content (AvgIpc) is 2.75. The van der Waals surface area contributed by atoms with Crippen molar-refractivity contribution in [1.29, 1.82) is 0 Å². The van der Waals surface area contributed by atoms with E-state index < -0.39 is 0 Å². The molecule has 2 rings (SSSR count). The SMILES string of the molecule is CNCCc1nnc(-c2ccc(F)cc2Br)o1. The normalized spacial score (nSPS) is 10.8. The van der Waals surface area contributed by atoms with Gasteiger partial charge in [-0.3, -0.25) is 0 Å². The molecule has 0 saturated heterocycles. The van der Waals surface area contributed by atoms with Crippen LogP contribution >= 0.6 is 15.9 Å². The first-order valence-corrected chi connectivity index (χ1v) is 5.92. The minimum Gasteiger partial charge on any atom is -0.421 e. The summed E-state index contributed by atoms with van der Waals surface area (Å²) in [7, 11) is 1.86. The minimum atomic E-state index is -0.310. The monoisotopic (exact) mass is 299 g/mol. The molecule has 0 aliphatic rings. The molecule has 1 aromatic heterocycles. The van der Waals surface area contributed by atoms with Gasteiger partial charge in [-0.25, -0.2) is 4.39 Å². The standard InChI is InChI=1S/C11H11BrFN3O/c1-14-5-4-10-15-16-11(17-10)8-3-2-7(13)6-9(8)12/h2-3,6,14H,4-5H2,1H3. The van der Waals surface area contributed by atoms with Gasteiger partial charge in [-0.05, 0) is 41.2 Å². The smallest absolute Gasteiger partial charge is 0.248 e. The number of likely N-dealkylation sites (N-methyl/N-ethyl adjacent to an activating group) is 1. The molecular weight excluding hydrogens is 289 g/mol. The Bertz CT molecular complexity index is 515. The molecule has 0 aliphatic carbocycles. The molecule has 6 heteroatoms. The van der Waals surface area contributed by atoms with Gasteiger partial charge in [-0.15, -0.1) is 10.2 Å². The van der Waals surface area contributed by atoms with Crippen LogP contribution in [0.3, 0.4) is 0 Å². The zero-order valence-electron chi connectivity index (χ0n) is 9.20. The van der Waals surface area contributed by atoms with Gasteiger partial charge in [0, 0.05) is 17.4 Å². The predicted octanol–water partition coefficient (Wildman–Crippen LogP) is 2.40. The second-order valence-corrected chi connectivity index (χ2v) is 4.33. The van der Waals surface area contributed by atoms with Gasteiger partial charge in [0.15, 0.2) is 0 Å². The van der Waals surface area contributed by atoms with E-state index in [2.05, 4.69) is 31.4 Å². The third kappa shape index (κ3) is 2.89. The third-order valence-electron chi connectivity index (χ3n) is 2.22. The Balaban J connectivity index is 2.24. The fourth-order valence-electron chi connectivity index (χ4n) is 1.36. The van der Waals surface area contributed by atoms with Gasteiger partial charge in [0.1, 0.15) is 5.82 Å². The Hall–Kier alpha value is -1.27. The van der Waals surface area contributed by atoms with E-state index in [0.29, 0.717) is 28.2 Å². The van der Waals surface area contributed by atoms with E-state index in [0.717, 1.165) is 6.54 Å². The van der Waals surface area contributed by atoms with E-state index in [1.165, 1.54) is 12.1 Å². The van der Waals surface area contributed by atoms with Crippen molar-refractivity contribution < 1.29 is 8.81 Å². The van der Waals surface area contributed by atoms with Gasteiger partial charge in [0.05, 0.1) is 5.56 Å². The molecule has 1 aromatic carbocycles. The lowest BCUT2D eigenvalue weighted by Crippen LogP contribution is -2.10. The largest absolute Gasteiger partial charge is 0.421 e. The number of benzene rings is 1. The lowest BCUT2D eigenvalue weighted by atomic mass is 10.2. The molecule has 1 N–H and O–H groups in total. The van der Waals surface area contributed by atoms with Crippen LogP contribution in [0.2, 0.25) is 0 Å². The predicted molar refractivity (Wildman–Crippen MR) is 65.0 cm³/mol. The van der Waals surface area contributed by atoms with Crippen molar-refractivity contribution in [2.75, 3.05) is 13.6 Å². The molecule has 0 fully saturated rings. The van der Waals surface area contributed by atoms with Crippen molar-refractivity contribution in [3.05, 3.63) is 34.4 Å². The third-order valence-corrected chi connectivity index (χ3v) is 2.87. The van der Waals surface area contributed by atoms with Gasteiger partial charge in [0.2, 0.25) is 11.8 Å². The lowest BCUT2D eigenvalue weighted by molar-refractivity contribution is 0.499. The molecule has 0 aliphatic heterocycles. The first kappa shape index (κ1) is 12.2. The summed E-state index contributed by atoms with van der Waals surface area (Å²) >= 11 is 3.27. The second kappa shape index (κ2) is 5.37. The van der Waals surface area contributed by atoms with Gasteiger partial charge in [-0.2, -0.15) is 0 Å². The number of hydrogen-bond donors (Lipinski definition) is 1. The molecule has 2 aromatic rings. The van der Waals surface area contributed by atoms with Crippen LogP contribution in [-0.4, -0.2) is 23.8 Å². The van der Waals surface area contributed by atoms with Crippen LogP contribution in [0.4, 0.5) is 4.39 Å². The Morgan fingerprint density at radius 2 is 2.24 bits per heavy atom. The van der Waals surface area contributed by atoms with Crippen LogP contribution in [-0.2, 0) is 6.42 Å². The summed E-state index contributed by atoms with van der Waals surface area (Å²) in [6.45, 7) is 0.770. The zero-order valence-corrected chi connectivity index (χ0v) is 10.8. The summed E-state index contributed by atoms with van der Waals surface area (Å²) < 4.78 is 19.0. The highest BCUT2D eigenvalue weighted by Crippen LogP contribution is 2.27. The van der Waals surface area contributed by atoms with Crippen LogP contribution in [0.15, 0.2) is 27.1 Å². The molecule has 0 spiro atoms. The summed E-state index contributed by atoms with van der Waals surface area (Å²) in [6.07, 6.45) is 0.669. The maximum atomic E-state index is 12.9. The van der Waals surface area contributed by atoms with E-state index in [1.807, 2.05) is 7.05 Å².